The van der Waals surface area contributed by atoms with Gasteiger partial charge in [0.15, 0.2) is 11.5 Å². The second-order valence-electron chi connectivity index (χ2n) is 9.67. The standard InChI is InChI=1S/C26H43N5O4/c1-2-3-4-5-6-7-8-9-10-11-12-13-14-15-22(33)34-17-21-20(16-32)26(35-21)31-19-30-23-24(27)28-18-29-25(23)31/h18-21,26,32H,2-17H2,1H3,(H2,27,28,29). The van der Waals surface area contributed by atoms with Gasteiger partial charge < -0.3 is 20.3 Å². The molecule has 35 heavy (non-hydrogen) atoms. The van der Waals surface area contributed by atoms with Crippen LogP contribution in [0.5, 0.6) is 0 Å². The molecule has 3 heterocycles. The van der Waals surface area contributed by atoms with Crippen molar-refractivity contribution in [3.05, 3.63) is 12.7 Å². The van der Waals surface area contributed by atoms with E-state index in [0.29, 0.717) is 23.4 Å². The van der Waals surface area contributed by atoms with E-state index in [2.05, 4.69) is 21.9 Å². The van der Waals surface area contributed by atoms with E-state index in [0.717, 1.165) is 12.8 Å². The Morgan fingerprint density at radius 2 is 1.63 bits per heavy atom. The summed E-state index contributed by atoms with van der Waals surface area (Å²) in [6.45, 7) is 2.31. The minimum absolute atomic E-state index is 0.0913. The fraction of sp³-hybridized carbons (Fsp3) is 0.769. The van der Waals surface area contributed by atoms with E-state index < -0.39 is 6.23 Å². The molecule has 0 aliphatic carbocycles. The van der Waals surface area contributed by atoms with Gasteiger partial charge in [-0.1, -0.05) is 84.0 Å². The summed E-state index contributed by atoms with van der Waals surface area (Å²) in [5.74, 6) is -0.120. The normalized spacial score (nSPS) is 19.7. The van der Waals surface area contributed by atoms with Crippen molar-refractivity contribution >= 4 is 23.0 Å². The zero-order chi connectivity index (χ0) is 24.9. The van der Waals surface area contributed by atoms with Crippen LogP contribution in [-0.4, -0.2) is 49.9 Å². The molecule has 0 aromatic carbocycles. The Balaban J connectivity index is 1.22. The van der Waals surface area contributed by atoms with Gasteiger partial charge in [-0.2, -0.15) is 0 Å². The fourth-order valence-corrected chi connectivity index (χ4v) is 4.71. The molecule has 2 aromatic rings. The van der Waals surface area contributed by atoms with Crippen molar-refractivity contribution in [3.63, 3.8) is 0 Å². The molecule has 1 aliphatic heterocycles. The van der Waals surface area contributed by atoms with Crippen LogP contribution in [0.3, 0.4) is 0 Å². The van der Waals surface area contributed by atoms with Gasteiger partial charge in [0.05, 0.1) is 18.9 Å². The van der Waals surface area contributed by atoms with Crippen LogP contribution in [0.1, 0.15) is 103 Å². The number of aromatic nitrogens is 4. The summed E-state index contributed by atoms with van der Waals surface area (Å²) in [6.07, 6.45) is 19.2. The Morgan fingerprint density at radius 3 is 2.26 bits per heavy atom. The topological polar surface area (TPSA) is 125 Å². The monoisotopic (exact) mass is 489 g/mol. The van der Waals surface area contributed by atoms with Crippen LogP contribution >= 0.6 is 0 Å². The number of fused-ring (bicyclic) bond motifs is 1. The van der Waals surface area contributed by atoms with Crippen LogP contribution in [0, 0.1) is 5.92 Å². The molecule has 1 fully saturated rings. The van der Waals surface area contributed by atoms with Gasteiger partial charge in [0.2, 0.25) is 0 Å². The molecule has 9 heteroatoms. The molecular weight excluding hydrogens is 446 g/mol. The summed E-state index contributed by atoms with van der Waals surface area (Å²) in [5.41, 5.74) is 6.89. The number of carbonyl (C=O) groups excluding carboxylic acids is 1. The van der Waals surface area contributed by atoms with Crippen LogP contribution in [-0.2, 0) is 14.3 Å². The number of nitrogen functional groups attached to an aromatic ring is 1. The van der Waals surface area contributed by atoms with Crippen molar-refractivity contribution in [2.45, 2.75) is 109 Å². The Bertz CT molecular complexity index is 890. The Labute approximate surface area is 208 Å². The predicted octanol–water partition coefficient (Wildman–Crippen LogP) is 4.94. The van der Waals surface area contributed by atoms with Gasteiger partial charge in [0, 0.05) is 6.42 Å². The highest BCUT2D eigenvalue weighted by Gasteiger charge is 2.44. The van der Waals surface area contributed by atoms with E-state index in [1.165, 1.54) is 77.0 Å². The van der Waals surface area contributed by atoms with Gasteiger partial charge in [0.25, 0.3) is 0 Å². The van der Waals surface area contributed by atoms with Gasteiger partial charge in [-0.15, -0.1) is 0 Å². The van der Waals surface area contributed by atoms with Crippen molar-refractivity contribution in [2.24, 2.45) is 5.92 Å². The van der Waals surface area contributed by atoms with Crippen molar-refractivity contribution < 1.29 is 19.4 Å². The summed E-state index contributed by atoms with van der Waals surface area (Å²) in [5, 5.41) is 9.84. The molecule has 3 rings (SSSR count). The summed E-state index contributed by atoms with van der Waals surface area (Å²) < 4.78 is 13.0. The maximum Gasteiger partial charge on any atom is 0.305 e. The first kappa shape index (κ1) is 27.3. The number of hydrogen-bond acceptors (Lipinski definition) is 8. The zero-order valence-corrected chi connectivity index (χ0v) is 21.2. The van der Waals surface area contributed by atoms with Crippen LogP contribution in [0.4, 0.5) is 5.82 Å². The summed E-state index contributed by atoms with van der Waals surface area (Å²) in [7, 11) is 0. The molecule has 1 aliphatic rings. The van der Waals surface area contributed by atoms with Crippen LogP contribution in [0.15, 0.2) is 12.7 Å². The molecule has 9 nitrogen and oxygen atoms in total. The third kappa shape index (κ3) is 8.14. The number of nitrogens with two attached hydrogens (primary N) is 1. The lowest BCUT2D eigenvalue weighted by Gasteiger charge is -2.43. The quantitative estimate of drug-likeness (QED) is 0.223. The maximum atomic E-state index is 12.1. The molecule has 196 valence electrons. The van der Waals surface area contributed by atoms with Gasteiger partial charge in [0.1, 0.15) is 30.8 Å². The van der Waals surface area contributed by atoms with E-state index in [1.807, 2.05) is 0 Å². The number of hydrogen-bond donors (Lipinski definition) is 2. The second-order valence-corrected chi connectivity index (χ2v) is 9.67. The minimum Gasteiger partial charge on any atom is -0.463 e. The summed E-state index contributed by atoms with van der Waals surface area (Å²) >= 11 is 0. The number of aliphatic hydroxyl groups is 1. The second kappa shape index (κ2) is 15.0. The van der Waals surface area contributed by atoms with Crippen LogP contribution in [0.25, 0.3) is 11.2 Å². The van der Waals surface area contributed by atoms with Gasteiger partial charge in [-0.3, -0.25) is 9.36 Å². The predicted molar refractivity (Wildman–Crippen MR) is 135 cm³/mol. The molecule has 2 aromatic heterocycles. The van der Waals surface area contributed by atoms with Gasteiger partial charge in [-0.25, -0.2) is 15.0 Å². The average Bonchev–Trinajstić information content (AvgIpc) is 3.26. The number of carbonyl (C=O) groups is 1. The van der Waals surface area contributed by atoms with E-state index in [4.69, 9.17) is 15.2 Å². The first-order valence-corrected chi connectivity index (χ1v) is 13.5. The zero-order valence-electron chi connectivity index (χ0n) is 21.2. The highest BCUT2D eigenvalue weighted by atomic mass is 16.6. The molecule has 3 unspecified atom stereocenters. The SMILES string of the molecule is CCCCCCCCCCCCCCCC(=O)OCC1OC(n2cnc3c(N)ncnc32)C1CO. The van der Waals surface area contributed by atoms with Crippen molar-refractivity contribution in [2.75, 3.05) is 18.9 Å². The summed E-state index contributed by atoms with van der Waals surface area (Å²) in [6, 6.07) is 0. The molecule has 0 saturated carbocycles. The highest BCUT2D eigenvalue weighted by molar-refractivity contribution is 5.81. The maximum absolute atomic E-state index is 12.1. The first-order chi connectivity index (χ1) is 17.2. The first-order valence-electron chi connectivity index (χ1n) is 13.5. The number of rotatable bonds is 18. The average molecular weight is 490 g/mol. The number of anilines is 1. The van der Waals surface area contributed by atoms with Crippen molar-refractivity contribution in [3.8, 4) is 0 Å². The number of unbranched alkanes of at least 4 members (excludes halogenated alkanes) is 12. The fourth-order valence-electron chi connectivity index (χ4n) is 4.71. The number of imidazole rings is 1. The van der Waals surface area contributed by atoms with Crippen LogP contribution < -0.4 is 5.73 Å². The Kier molecular flexibility index (Phi) is 11.7. The lowest BCUT2D eigenvalue weighted by Crippen LogP contribution is -2.50. The lowest BCUT2D eigenvalue weighted by atomic mass is 9.95. The van der Waals surface area contributed by atoms with E-state index in [-0.39, 0.29) is 31.2 Å². The van der Waals surface area contributed by atoms with Crippen molar-refractivity contribution in [1.82, 2.24) is 19.5 Å². The number of ether oxygens (including phenoxy) is 2. The number of esters is 1. The molecular formula is C26H43N5O4. The van der Waals surface area contributed by atoms with Crippen LogP contribution in [0.2, 0.25) is 0 Å². The number of aliphatic hydroxyl groups excluding tert-OH is 1. The Hall–Kier alpha value is -2.26. The number of nitrogens with zero attached hydrogens (tertiary/aromatic N) is 4. The third-order valence-electron chi connectivity index (χ3n) is 6.92. The molecule has 0 amide bonds. The molecule has 0 spiro atoms. The molecule has 0 radical (unpaired) electrons. The minimum atomic E-state index is -0.427. The largest absolute Gasteiger partial charge is 0.463 e. The highest BCUT2D eigenvalue weighted by Crippen LogP contribution is 2.38. The molecule has 0 bridgehead atoms. The van der Waals surface area contributed by atoms with Crippen molar-refractivity contribution in [1.29, 1.82) is 0 Å². The third-order valence-corrected chi connectivity index (χ3v) is 6.92. The Morgan fingerprint density at radius 1 is 1.00 bits per heavy atom. The summed E-state index contributed by atoms with van der Waals surface area (Å²) in [4.78, 5) is 24.5. The van der Waals surface area contributed by atoms with E-state index >= 15 is 0 Å². The molecule has 1 saturated heterocycles. The van der Waals surface area contributed by atoms with Gasteiger partial charge >= 0.3 is 5.97 Å². The van der Waals surface area contributed by atoms with E-state index in [1.54, 1.807) is 10.9 Å². The lowest BCUT2D eigenvalue weighted by molar-refractivity contribution is -0.247. The van der Waals surface area contributed by atoms with Gasteiger partial charge in [-0.05, 0) is 6.42 Å². The molecule has 3 atom stereocenters. The van der Waals surface area contributed by atoms with E-state index in [9.17, 15) is 9.90 Å². The molecule has 3 N–H and O–H groups in total. The smallest absolute Gasteiger partial charge is 0.305 e.